The Bertz CT molecular complexity index is 1440. The number of esters is 3. The normalized spacial score (nSPS) is 11.3. The minimum atomic E-state index is -4.30. The molecule has 0 spiro atoms. The number of carbonyl (C=O) groups excluding carboxylic acids is 3. The van der Waals surface area contributed by atoms with Gasteiger partial charge in [-0.1, -0.05) is 37.8 Å². The number of hydrogen-bond donors (Lipinski definition) is 2. The van der Waals surface area contributed by atoms with E-state index in [1.807, 2.05) is 0 Å². The van der Waals surface area contributed by atoms with Gasteiger partial charge >= 0.3 is 24.1 Å². The van der Waals surface area contributed by atoms with Gasteiger partial charge in [0.25, 0.3) is 0 Å². The second-order valence-electron chi connectivity index (χ2n) is 10.3. The van der Waals surface area contributed by atoms with Crippen LogP contribution in [0.25, 0.3) is 6.08 Å². The molecule has 0 bridgehead atoms. The fourth-order valence-electron chi connectivity index (χ4n) is 4.12. The van der Waals surface area contributed by atoms with E-state index in [9.17, 15) is 27.6 Å². The van der Waals surface area contributed by atoms with Crippen LogP contribution in [0.15, 0.2) is 72.8 Å². The Kier molecular flexibility index (Phi) is 13.9. The van der Waals surface area contributed by atoms with Crippen LogP contribution in [0.5, 0.6) is 11.5 Å². The van der Waals surface area contributed by atoms with Crippen LogP contribution in [0.2, 0.25) is 0 Å². The van der Waals surface area contributed by atoms with Crippen LogP contribution in [0, 0.1) is 0 Å². The lowest BCUT2D eigenvalue weighted by Gasteiger charge is -2.09. The number of rotatable bonds is 17. The van der Waals surface area contributed by atoms with Crippen molar-refractivity contribution in [1.82, 2.24) is 0 Å². The van der Waals surface area contributed by atoms with Gasteiger partial charge in [-0.2, -0.15) is 13.2 Å². The number of alkyl halides is 3. The molecule has 0 saturated carbocycles. The monoisotopic (exact) mass is 642 g/mol. The van der Waals surface area contributed by atoms with E-state index in [0.717, 1.165) is 38.5 Å². The van der Waals surface area contributed by atoms with Gasteiger partial charge in [-0.25, -0.2) is 14.4 Å². The molecule has 0 radical (unpaired) electrons. The molecule has 0 aromatic heterocycles. The third-order valence-corrected chi connectivity index (χ3v) is 6.48. The lowest BCUT2D eigenvalue weighted by atomic mass is 10.1. The summed E-state index contributed by atoms with van der Waals surface area (Å²) in [4.78, 5) is 36.5. The summed E-state index contributed by atoms with van der Waals surface area (Å²) in [5, 5.41) is 0. The summed E-state index contributed by atoms with van der Waals surface area (Å²) in [6.07, 6.45) is 2.76. The van der Waals surface area contributed by atoms with Crippen molar-refractivity contribution in [3.8, 4) is 11.5 Å². The van der Waals surface area contributed by atoms with Gasteiger partial charge in [0.15, 0.2) is 0 Å². The average molecular weight is 643 g/mol. The second-order valence-corrected chi connectivity index (χ2v) is 10.3. The molecule has 246 valence electrons. The number of nitrogens with two attached hydrogens (primary N) is 2. The Hall–Kier alpha value is -5.00. The van der Waals surface area contributed by atoms with Crippen molar-refractivity contribution in [2.24, 2.45) is 0 Å². The summed E-state index contributed by atoms with van der Waals surface area (Å²) in [5.41, 5.74) is 13.4. The number of ether oxygens (including phenoxy) is 4. The predicted molar refractivity (Wildman–Crippen MR) is 167 cm³/mol. The Morgan fingerprint density at radius 3 is 1.83 bits per heavy atom. The van der Waals surface area contributed by atoms with Crippen LogP contribution in [-0.4, -0.2) is 43.9 Å². The number of hydrogen-bond acceptors (Lipinski definition) is 9. The highest BCUT2D eigenvalue weighted by atomic mass is 19.4. The van der Waals surface area contributed by atoms with Gasteiger partial charge in [0, 0.05) is 17.5 Å². The molecule has 0 heterocycles. The highest BCUT2D eigenvalue weighted by Gasteiger charge is 2.26. The van der Waals surface area contributed by atoms with Crippen molar-refractivity contribution < 1.29 is 46.5 Å². The minimum absolute atomic E-state index is 0.204. The predicted octanol–water partition coefficient (Wildman–Crippen LogP) is 7.16. The van der Waals surface area contributed by atoms with Crippen LogP contribution in [0.1, 0.15) is 71.2 Å². The van der Waals surface area contributed by atoms with Crippen LogP contribution in [0.4, 0.5) is 24.5 Å². The third-order valence-electron chi connectivity index (χ3n) is 6.48. The summed E-state index contributed by atoms with van der Waals surface area (Å²) < 4.78 is 57.5. The van der Waals surface area contributed by atoms with Crippen molar-refractivity contribution in [2.45, 2.75) is 51.1 Å². The molecule has 12 heteroatoms. The molecule has 3 rings (SSSR count). The van der Waals surface area contributed by atoms with Gasteiger partial charge in [0.05, 0.1) is 37.4 Å². The molecule has 0 aliphatic rings. The topological polar surface area (TPSA) is 140 Å². The molecule has 3 aromatic carbocycles. The molecule has 0 amide bonds. The summed E-state index contributed by atoms with van der Waals surface area (Å²) in [7, 11) is 0. The SMILES string of the molecule is Nc1cc(N)cc(C(=O)OCCCCCCCCOC(=O)C=Cc2ccc(OC(=O)c3ccc(OCCC(F)(F)F)cc3)cc2)c1. The number of anilines is 2. The Labute approximate surface area is 265 Å². The van der Waals surface area contributed by atoms with E-state index in [1.165, 1.54) is 42.5 Å². The molecule has 0 saturated heterocycles. The standard InChI is InChI=1S/C34H37F3N2O7/c35-34(36,37)17-20-43-29-14-10-25(11-15-29)33(42)46-30-12-7-24(8-13-30)9-16-31(40)44-18-5-3-1-2-4-6-19-45-32(41)26-21-27(38)23-28(39)22-26/h7-16,21-23H,1-6,17-20,38-39H2. The summed E-state index contributed by atoms with van der Waals surface area (Å²) in [6.45, 7) is 0.109. The molecule has 9 nitrogen and oxygen atoms in total. The van der Waals surface area contributed by atoms with Gasteiger partial charge in [0.1, 0.15) is 11.5 Å². The number of unbranched alkanes of at least 4 members (excludes halogenated alkanes) is 5. The van der Waals surface area contributed by atoms with Crippen LogP contribution in [-0.2, 0) is 14.3 Å². The molecule has 0 aliphatic heterocycles. The quantitative estimate of drug-likeness (QED) is 0.0516. The van der Waals surface area contributed by atoms with E-state index in [0.29, 0.717) is 35.7 Å². The van der Waals surface area contributed by atoms with E-state index in [-0.39, 0.29) is 17.1 Å². The van der Waals surface area contributed by atoms with E-state index < -0.39 is 37.1 Å². The maximum absolute atomic E-state index is 12.4. The molecule has 46 heavy (non-hydrogen) atoms. The Balaban J connectivity index is 1.24. The lowest BCUT2D eigenvalue weighted by Crippen LogP contribution is -2.13. The van der Waals surface area contributed by atoms with Gasteiger partial charge < -0.3 is 30.4 Å². The molecular formula is C34H37F3N2O7. The van der Waals surface area contributed by atoms with Crippen molar-refractivity contribution in [2.75, 3.05) is 31.3 Å². The first-order valence-corrected chi connectivity index (χ1v) is 14.8. The molecule has 0 unspecified atom stereocenters. The van der Waals surface area contributed by atoms with E-state index in [2.05, 4.69) is 0 Å². The summed E-state index contributed by atoms with van der Waals surface area (Å²) in [5.74, 6) is -1.07. The fourth-order valence-corrected chi connectivity index (χ4v) is 4.12. The molecule has 4 N–H and O–H groups in total. The third kappa shape index (κ3) is 13.7. The fraction of sp³-hybridized carbons (Fsp3) is 0.324. The largest absolute Gasteiger partial charge is 0.493 e. The van der Waals surface area contributed by atoms with E-state index >= 15 is 0 Å². The Morgan fingerprint density at radius 2 is 1.22 bits per heavy atom. The summed E-state index contributed by atoms with van der Waals surface area (Å²) >= 11 is 0. The minimum Gasteiger partial charge on any atom is -0.493 e. The zero-order valence-electron chi connectivity index (χ0n) is 25.2. The van der Waals surface area contributed by atoms with Crippen molar-refractivity contribution in [3.63, 3.8) is 0 Å². The smallest absolute Gasteiger partial charge is 0.392 e. The highest BCUT2D eigenvalue weighted by Crippen LogP contribution is 2.21. The number of halogens is 3. The first kappa shape index (κ1) is 35.5. The maximum atomic E-state index is 12.4. The van der Waals surface area contributed by atoms with Crippen molar-refractivity contribution >= 4 is 35.4 Å². The number of nitrogen functional groups attached to an aromatic ring is 2. The Morgan fingerprint density at radius 1 is 0.652 bits per heavy atom. The van der Waals surface area contributed by atoms with E-state index in [4.69, 9.17) is 30.4 Å². The van der Waals surface area contributed by atoms with Crippen LogP contribution in [0.3, 0.4) is 0 Å². The van der Waals surface area contributed by atoms with Crippen molar-refractivity contribution in [3.05, 3.63) is 89.5 Å². The summed E-state index contributed by atoms with van der Waals surface area (Å²) in [6, 6.07) is 16.7. The molecule has 0 aliphatic carbocycles. The molecule has 0 fully saturated rings. The van der Waals surface area contributed by atoms with Gasteiger partial charge in [-0.05, 0) is 79.1 Å². The first-order valence-electron chi connectivity index (χ1n) is 14.8. The van der Waals surface area contributed by atoms with E-state index in [1.54, 1.807) is 36.4 Å². The molecular weight excluding hydrogens is 605 g/mol. The maximum Gasteiger partial charge on any atom is 0.392 e. The lowest BCUT2D eigenvalue weighted by molar-refractivity contribution is -0.140. The molecule has 0 atom stereocenters. The number of benzene rings is 3. The van der Waals surface area contributed by atoms with Crippen LogP contribution >= 0.6 is 0 Å². The highest BCUT2D eigenvalue weighted by molar-refractivity contribution is 5.92. The zero-order chi connectivity index (χ0) is 33.4. The van der Waals surface area contributed by atoms with Gasteiger partial charge in [-0.3, -0.25) is 0 Å². The van der Waals surface area contributed by atoms with Gasteiger partial charge in [0.2, 0.25) is 0 Å². The average Bonchev–Trinajstić information content (AvgIpc) is 3.00. The second kappa shape index (κ2) is 18.1. The zero-order valence-corrected chi connectivity index (χ0v) is 25.2. The van der Waals surface area contributed by atoms with Gasteiger partial charge in [-0.15, -0.1) is 0 Å². The van der Waals surface area contributed by atoms with Crippen LogP contribution < -0.4 is 20.9 Å². The number of carbonyl (C=O) groups is 3. The van der Waals surface area contributed by atoms with Crippen molar-refractivity contribution in [1.29, 1.82) is 0 Å². The molecule has 3 aromatic rings. The first-order chi connectivity index (χ1) is 22.0.